The molecule has 0 aliphatic carbocycles. The van der Waals surface area contributed by atoms with Crippen molar-refractivity contribution in [2.24, 2.45) is 0 Å². The number of nitrogens with one attached hydrogen (secondary N) is 1. The van der Waals surface area contributed by atoms with E-state index in [1.54, 1.807) is 24.3 Å². The molecule has 0 saturated carbocycles. The van der Waals surface area contributed by atoms with Crippen LogP contribution in [0.5, 0.6) is 0 Å². The summed E-state index contributed by atoms with van der Waals surface area (Å²) in [4.78, 5) is 11.7. The fourth-order valence-electron chi connectivity index (χ4n) is 1.31. The highest BCUT2D eigenvalue weighted by Gasteiger charge is 2.15. The average molecular weight is 224 g/mol. The third kappa shape index (κ3) is 1.63. The second-order valence-electron chi connectivity index (χ2n) is 3.18. The lowest BCUT2D eigenvalue weighted by Crippen LogP contribution is -2.17. The molecule has 0 spiro atoms. The van der Waals surface area contributed by atoms with Gasteiger partial charge in [-0.25, -0.2) is 8.42 Å². The molecule has 1 N–H and O–H groups in total. The average Bonchev–Trinajstić information content (AvgIpc) is 2.16. The standard InChI is InChI=1S/C9H8N2O3S/c1-15(13,14)9-8(12)6-4-2-3-5-7(6)10-11-9/h2-5H,1H3,(H,10,12). The van der Waals surface area contributed by atoms with Gasteiger partial charge in [-0.15, -0.1) is 0 Å². The first kappa shape index (κ1) is 9.85. The molecule has 0 atom stereocenters. The van der Waals surface area contributed by atoms with E-state index in [1.165, 1.54) is 0 Å². The number of aromatic amines is 1. The molecule has 2 aromatic rings. The summed E-state index contributed by atoms with van der Waals surface area (Å²) in [7, 11) is -3.58. The molecule has 0 radical (unpaired) electrons. The van der Waals surface area contributed by atoms with Crippen LogP contribution in [0.4, 0.5) is 0 Å². The molecule has 0 fully saturated rings. The molecule has 78 valence electrons. The van der Waals surface area contributed by atoms with Crippen LogP contribution in [0.2, 0.25) is 0 Å². The third-order valence-electron chi connectivity index (χ3n) is 2.00. The molecule has 2 rings (SSSR count). The number of nitrogens with zero attached hydrogens (tertiary/aromatic N) is 1. The van der Waals surface area contributed by atoms with Gasteiger partial charge in [0.2, 0.25) is 10.5 Å². The minimum atomic E-state index is -3.58. The predicted octanol–water partition coefficient (Wildman–Crippen LogP) is 0.327. The van der Waals surface area contributed by atoms with Gasteiger partial charge in [0, 0.05) is 6.26 Å². The van der Waals surface area contributed by atoms with Crippen molar-refractivity contribution < 1.29 is 8.42 Å². The summed E-state index contributed by atoms with van der Waals surface area (Å²) in [5.74, 6) is 0. The van der Waals surface area contributed by atoms with Gasteiger partial charge in [0.05, 0.1) is 10.9 Å². The first-order chi connectivity index (χ1) is 7.00. The van der Waals surface area contributed by atoms with Crippen molar-refractivity contribution in [2.45, 2.75) is 5.03 Å². The van der Waals surface area contributed by atoms with Crippen molar-refractivity contribution in [3.05, 3.63) is 34.5 Å². The Balaban J connectivity index is 2.95. The van der Waals surface area contributed by atoms with E-state index in [-0.39, 0.29) is 0 Å². The second kappa shape index (κ2) is 3.16. The molecule has 1 aromatic heterocycles. The van der Waals surface area contributed by atoms with E-state index in [1.807, 2.05) is 0 Å². The van der Waals surface area contributed by atoms with Crippen LogP contribution in [0.1, 0.15) is 0 Å². The molecule has 0 saturated heterocycles. The fraction of sp³-hybridized carbons (Fsp3) is 0.111. The Bertz CT molecular complexity index is 673. The molecule has 15 heavy (non-hydrogen) atoms. The van der Waals surface area contributed by atoms with Crippen LogP contribution in [-0.4, -0.2) is 24.9 Å². The number of aromatic nitrogens is 2. The summed E-state index contributed by atoms with van der Waals surface area (Å²) in [5.41, 5.74) is -0.0400. The van der Waals surface area contributed by atoms with Crippen LogP contribution >= 0.6 is 0 Å². The number of fused-ring (bicyclic) bond motifs is 1. The molecule has 0 amide bonds. The minimum Gasteiger partial charge on any atom is -0.286 e. The first-order valence-electron chi connectivity index (χ1n) is 4.17. The molecular weight excluding hydrogens is 216 g/mol. The lowest BCUT2D eigenvalue weighted by molar-refractivity contribution is 0.595. The lowest BCUT2D eigenvalue weighted by atomic mass is 10.2. The van der Waals surface area contributed by atoms with Gasteiger partial charge in [-0.2, -0.15) is 5.10 Å². The van der Waals surface area contributed by atoms with Crippen molar-refractivity contribution >= 4 is 20.7 Å². The lowest BCUT2D eigenvalue weighted by Gasteiger charge is -1.99. The number of benzene rings is 1. The van der Waals surface area contributed by atoms with Gasteiger partial charge in [0.25, 0.3) is 0 Å². The normalized spacial score (nSPS) is 11.8. The van der Waals surface area contributed by atoms with E-state index in [0.717, 1.165) is 6.26 Å². The molecule has 1 aromatic carbocycles. The van der Waals surface area contributed by atoms with Crippen molar-refractivity contribution in [3.63, 3.8) is 0 Å². The molecule has 0 aliphatic heterocycles. The summed E-state index contributed by atoms with van der Waals surface area (Å²) in [6.07, 6.45) is 0.958. The fourth-order valence-corrected chi connectivity index (χ4v) is 1.97. The molecule has 5 nitrogen and oxygen atoms in total. The Hall–Kier alpha value is -1.69. The van der Waals surface area contributed by atoms with Crippen LogP contribution in [0, 0.1) is 0 Å². The largest absolute Gasteiger partial charge is 0.286 e. The van der Waals surface area contributed by atoms with E-state index < -0.39 is 20.3 Å². The van der Waals surface area contributed by atoms with Gasteiger partial charge >= 0.3 is 0 Å². The number of para-hydroxylation sites is 1. The first-order valence-corrected chi connectivity index (χ1v) is 6.07. The molecular formula is C9H8N2O3S. The van der Waals surface area contributed by atoms with Gasteiger partial charge in [-0.3, -0.25) is 9.89 Å². The molecule has 1 heterocycles. The quantitative estimate of drug-likeness (QED) is 0.756. The van der Waals surface area contributed by atoms with Gasteiger partial charge in [-0.05, 0) is 12.1 Å². The highest BCUT2D eigenvalue weighted by atomic mass is 32.2. The van der Waals surface area contributed by atoms with E-state index in [4.69, 9.17) is 0 Å². The zero-order valence-electron chi connectivity index (χ0n) is 7.89. The summed E-state index contributed by atoms with van der Waals surface area (Å²) in [6.45, 7) is 0. The maximum Gasteiger partial charge on any atom is 0.226 e. The predicted molar refractivity (Wildman–Crippen MR) is 55.5 cm³/mol. The number of hydrogen-bond acceptors (Lipinski definition) is 4. The van der Waals surface area contributed by atoms with E-state index in [9.17, 15) is 13.2 Å². The number of hydrogen-bond donors (Lipinski definition) is 1. The van der Waals surface area contributed by atoms with Crippen LogP contribution in [0.3, 0.4) is 0 Å². The number of rotatable bonds is 1. The zero-order chi connectivity index (χ0) is 11.1. The zero-order valence-corrected chi connectivity index (χ0v) is 8.71. The van der Waals surface area contributed by atoms with E-state index in [0.29, 0.717) is 10.9 Å². The molecule has 6 heteroatoms. The molecule has 0 bridgehead atoms. The highest BCUT2D eigenvalue weighted by molar-refractivity contribution is 7.90. The van der Waals surface area contributed by atoms with Crippen LogP contribution in [0.15, 0.2) is 34.1 Å². The van der Waals surface area contributed by atoms with E-state index in [2.05, 4.69) is 10.2 Å². The Labute approximate surface area is 85.7 Å². The van der Waals surface area contributed by atoms with Gasteiger partial charge in [-0.1, -0.05) is 12.1 Å². The summed E-state index contributed by atoms with van der Waals surface area (Å²) >= 11 is 0. The van der Waals surface area contributed by atoms with Gasteiger partial charge in [0.15, 0.2) is 9.84 Å². The van der Waals surface area contributed by atoms with Crippen molar-refractivity contribution in [1.29, 1.82) is 0 Å². The topological polar surface area (TPSA) is 79.9 Å². The third-order valence-corrected chi connectivity index (χ3v) is 2.97. The molecule has 0 unspecified atom stereocenters. The highest BCUT2D eigenvalue weighted by Crippen LogP contribution is 2.07. The Morgan fingerprint density at radius 1 is 1.27 bits per heavy atom. The Kier molecular flexibility index (Phi) is 2.08. The maximum absolute atomic E-state index is 11.7. The second-order valence-corrected chi connectivity index (χ2v) is 5.11. The van der Waals surface area contributed by atoms with Gasteiger partial charge < -0.3 is 0 Å². The van der Waals surface area contributed by atoms with Gasteiger partial charge in [0.1, 0.15) is 0 Å². The van der Waals surface area contributed by atoms with Crippen LogP contribution in [0.25, 0.3) is 10.9 Å². The molecule has 0 aliphatic rings. The van der Waals surface area contributed by atoms with Crippen LogP contribution in [-0.2, 0) is 9.84 Å². The van der Waals surface area contributed by atoms with Crippen molar-refractivity contribution in [2.75, 3.05) is 6.26 Å². The monoisotopic (exact) mass is 224 g/mol. The SMILES string of the molecule is CS(=O)(=O)c1n[nH]c2ccccc2c1=O. The summed E-state index contributed by atoms with van der Waals surface area (Å²) in [6, 6.07) is 6.63. The summed E-state index contributed by atoms with van der Waals surface area (Å²) < 4.78 is 22.4. The smallest absolute Gasteiger partial charge is 0.226 e. The van der Waals surface area contributed by atoms with Crippen molar-refractivity contribution in [3.8, 4) is 0 Å². The minimum absolute atomic E-state index is 0.327. The van der Waals surface area contributed by atoms with Crippen LogP contribution < -0.4 is 5.43 Å². The van der Waals surface area contributed by atoms with Crippen molar-refractivity contribution in [1.82, 2.24) is 10.2 Å². The number of sulfone groups is 1. The number of H-pyrrole nitrogens is 1. The van der Waals surface area contributed by atoms with E-state index >= 15 is 0 Å². The maximum atomic E-state index is 11.7. The Morgan fingerprint density at radius 3 is 2.60 bits per heavy atom. The summed E-state index contributed by atoms with van der Waals surface area (Å²) in [5, 5.41) is 5.97. The Morgan fingerprint density at radius 2 is 1.93 bits per heavy atom.